The molecule has 0 aliphatic heterocycles. The lowest BCUT2D eigenvalue weighted by Crippen LogP contribution is -2.38. The smallest absolute Gasteiger partial charge is 0.274 e. The number of anilines is 2. The van der Waals surface area contributed by atoms with E-state index in [-0.39, 0.29) is 16.9 Å². The number of carbonyl (C=O) groups is 1. The largest absolute Gasteiger partial charge is 0.370 e. The van der Waals surface area contributed by atoms with Crippen LogP contribution in [0.2, 0.25) is 5.02 Å². The van der Waals surface area contributed by atoms with Gasteiger partial charge in [-0.3, -0.25) is 9.48 Å². The summed E-state index contributed by atoms with van der Waals surface area (Å²) in [7, 11) is -1.78. The van der Waals surface area contributed by atoms with Crippen LogP contribution in [0.1, 0.15) is 36.2 Å². The molecule has 2 aromatic carbocycles. The van der Waals surface area contributed by atoms with Crippen molar-refractivity contribution >= 4 is 49.8 Å². The second kappa shape index (κ2) is 8.83. The van der Waals surface area contributed by atoms with Crippen LogP contribution in [-0.4, -0.2) is 46.9 Å². The second-order valence-electron chi connectivity index (χ2n) is 8.96. The average Bonchev–Trinajstić information content (AvgIpc) is 3.70. The molecular formula is C23H25ClFN5O3S. The number of fused-ring (bicyclic) bond motifs is 1. The van der Waals surface area contributed by atoms with Gasteiger partial charge in [-0.15, -0.1) is 0 Å². The molecule has 1 heterocycles. The van der Waals surface area contributed by atoms with Gasteiger partial charge in [0.15, 0.2) is 0 Å². The minimum atomic E-state index is -3.43. The number of aromatic nitrogens is 2. The SMILES string of the molecule is Cn1nc2cc(NCS(=O)(=O)N(CC3CC3)C3CC3)ccc2c1C(=O)Nc1ccc(F)c(Cl)c1. The van der Waals surface area contributed by atoms with E-state index in [0.717, 1.165) is 25.7 Å². The van der Waals surface area contributed by atoms with Crippen molar-refractivity contribution < 1.29 is 17.6 Å². The van der Waals surface area contributed by atoms with Crippen molar-refractivity contribution in [2.75, 3.05) is 23.1 Å². The summed E-state index contributed by atoms with van der Waals surface area (Å²) in [6.07, 6.45) is 4.07. The molecule has 2 N–H and O–H groups in total. The van der Waals surface area contributed by atoms with E-state index in [1.807, 2.05) is 0 Å². The zero-order chi connectivity index (χ0) is 24.0. The average molecular weight is 506 g/mol. The lowest BCUT2D eigenvalue weighted by molar-refractivity contribution is 0.101. The molecule has 2 fully saturated rings. The van der Waals surface area contributed by atoms with Gasteiger partial charge in [-0.05, 0) is 68.0 Å². The van der Waals surface area contributed by atoms with E-state index in [0.29, 0.717) is 40.4 Å². The fraction of sp³-hybridized carbons (Fsp3) is 0.391. The van der Waals surface area contributed by atoms with Crippen molar-refractivity contribution in [3.63, 3.8) is 0 Å². The Balaban J connectivity index is 1.31. The number of benzene rings is 2. The zero-order valence-corrected chi connectivity index (χ0v) is 20.2. The molecule has 2 saturated carbocycles. The van der Waals surface area contributed by atoms with E-state index in [2.05, 4.69) is 15.7 Å². The maximum Gasteiger partial charge on any atom is 0.274 e. The first-order valence-electron chi connectivity index (χ1n) is 11.2. The van der Waals surface area contributed by atoms with Crippen LogP contribution in [0.3, 0.4) is 0 Å². The zero-order valence-electron chi connectivity index (χ0n) is 18.6. The van der Waals surface area contributed by atoms with Crippen molar-refractivity contribution in [1.29, 1.82) is 0 Å². The first-order chi connectivity index (χ1) is 16.2. The van der Waals surface area contributed by atoms with E-state index in [4.69, 9.17) is 11.6 Å². The van der Waals surface area contributed by atoms with Crippen LogP contribution < -0.4 is 10.6 Å². The van der Waals surface area contributed by atoms with Gasteiger partial charge >= 0.3 is 0 Å². The van der Waals surface area contributed by atoms with Crippen molar-refractivity contribution in [3.05, 3.63) is 52.9 Å². The molecule has 34 heavy (non-hydrogen) atoms. The van der Waals surface area contributed by atoms with Gasteiger partial charge < -0.3 is 10.6 Å². The molecule has 1 aromatic heterocycles. The van der Waals surface area contributed by atoms with E-state index >= 15 is 0 Å². The Kier molecular flexibility index (Phi) is 5.99. The highest BCUT2D eigenvalue weighted by atomic mass is 35.5. The van der Waals surface area contributed by atoms with Crippen molar-refractivity contribution in [2.24, 2.45) is 13.0 Å². The first-order valence-corrected chi connectivity index (χ1v) is 13.2. The summed E-state index contributed by atoms with van der Waals surface area (Å²) in [5, 5.41) is 10.6. The van der Waals surface area contributed by atoms with E-state index in [1.54, 1.807) is 29.6 Å². The summed E-state index contributed by atoms with van der Waals surface area (Å²) in [6, 6.07) is 9.26. The molecule has 180 valence electrons. The maximum absolute atomic E-state index is 13.4. The number of nitrogens with one attached hydrogen (secondary N) is 2. The predicted molar refractivity (Wildman–Crippen MR) is 130 cm³/mol. The fourth-order valence-electron chi connectivity index (χ4n) is 4.01. The summed E-state index contributed by atoms with van der Waals surface area (Å²) >= 11 is 5.80. The normalized spacial score (nSPS) is 16.2. The van der Waals surface area contributed by atoms with Gasteiger partial charge in [-0.1, -0.05) is 11.6 Å². The summed E-state index contributed by atoms with van der Waals surface area (Å²) in [4.78, 5) is 12.9. The van der Waals surface area contributed by atoms with Gasteiger partial charge in [0, 0.05) is 36.4 Å². The summed E-state index contributed by atoms with van der Waals surface area (Å²) < 4.78 is 42.4. The van der Waals surface area contributed by atoms with Gasteiger partial charge in [0.05, 0.1) is 10.5 Å². The lowest BCUT2D eigenvalue weighted by Gasteiger charge is -2.22. The molecule has 2 aliphatic rings. The highest BCUT2D eigenvalue weighted by Crippen LogP contribution is 2.36. The first kappa shape index (κ1) is 23.1. The lowest BCUT2D eigenvalue weighted by atomic mass is 10.1. The molecule has 3 aromatic rings. The highest BCUT2D eigenvalue weighted by Gasteiger charge is 2.40. The fourth-order valence-corrected chi connectivity index (χ4v) is 5.81. The van der Waals surface area contributed by atoms with Crippen LogP contribution in [0, 0.1) is 11.7 Å². The third kappa shape index (κ3) is 4.89. The van der Waals surface area contributed by atoms with Crippen LogP contribution in [0.15, 0.2) is 36.4 Å². The number of sulfonamides is 1. The molecule has 0 unspecified atom stereocenters. The molecule has 11 heteroatoms. The third-order valence-electron chi connectivity index (χ3n) is 6.13. The molecule has 2 aliphatic carbocycles. The Morgan fingerprint density at radius 1 is 1.18 bits per heavy atom. The molecular weight excluding hydrogens is 481 g/mol. The number of aryl methyl sites for hydroxylation is 1. The number of hydrogen-bond acceptors (Lipinski definition) is 5. The Morgan fingerprint density at radius 2 is 1.91 bits per heavy atom. The molecule has 5 rings (SSSR count). The molecule has 0 saturated heterocycles. The minimum Gasteiger partial charge on any atom is -0.370 e. The number of nitrogens with zero attached hydrogens (tertiary/aromatic N) is 3. The Labute approximate surface area is 202 Å². The van der Waals surface area contributed by atoms with Gasteiger partial charge in [0.25, 0.3) is 5.91 Å². The van der Waals surface area contributed by atoms with E-state index < -0.39 is 21.7 Å². The molecule has 8 nitrogen and oxygen atoms in total. The number of rotatable bonds is 9. The van der Waals surface area contributed by atoms with Gasteiger partial charge in [-0.2, -0.15) is 9.40 Å². The second-order valence-corrected chi connectivity index (χ2v) is 11.3. The number of amides is 1. The monoisotopic (exact) mass is 505 g/mol. The Morgan fingerprint density at radius 3 is 2.59 bits per heavy atom. The van der Waals surface area contributed by atoms with Crippen molar-refractivity contribution in [2.45, 2.75) is 31.7 Å². The van der Waals surface area contributed by atoms with Gasteiger partial charge in [-0.25, -0.2) is 12.8 Å². The number of carbonyl (C=O) groups excluding carboxylic acids is 1. The predicted octanol–water partition coefficient (Wildman–Crippen LogP) is 4.19. The highest BCUT2D eigenvalue weighted by molar-refractivity contribution is 7.89. The topological polar surface area (TPSA) is 96.3 Å². The molecule has 1 amide bonds. The maximum atomic E-state index is 13.4. The number of hydrogen-bond donors (Lipinski definition) is 2. The molecule has 0 atom stereocenters. The Bertz CT molecular complexity index is 1370. The van der Waals surface area contributed by atoms with Crippen LogP contribution >= 0.6 is 11.6 Å². The molecule has 0 radical (unpaired) electrons. The summed E-state index contributed by atoms with van der Waals surface area (Å²) in [5.41, 5.74) is 1.83. The standard InChI is InChI=1S/C23H25ClFN5O3S/c1-29-22(23(31)27-16-5-9-20(25)19(24)10-16)18-8-4-15(11-21(18)28-29)26-13-34(32,33)30(17-6-7-17)12-14-2-3-14/h4-5,8-11,14,17,26H,2-3,6-7,12-13H2,1H3,(H,27,31). The van der Waals surface area contributed by atoms with Crippen LogP contribution in [0.25, 0.3) is 10.9 Å². The quantitative estimate of drug-likeness (QED) is 0.454. The van der Waals surface area contributed by atoms with Crippen LogP contribution in [-0.2, 0) is 17.1 Å². The summed E-state index contributed by atoms with van der Waals surface area (Å²) in [5.74, 6) is -0.680. The van der Waals surface area contributed by atoms with Crippen LogP contribution in [0.4, 0.5) is 15.8 Å². The van der Waals surface area contributed by atoms with Gasteiger partial charge in [0.1, 0.15) is 17.4 Å². The molecule has 0 bridgehead atoms. The van der Waals surface area contributed by atoms with Gasteiger partial charge in [0.2, 0.25) is 10.0 Å². The molecule has 0 spiro atoms. The van der Waals surface area contributed by atoms with Crippen LogP contribution in [0.5, 0.6) is 0 Å². The summed E-state index contributed by atoms with van der Waals surface area (Å²) in [6.45, 7) is 0.617. The van der Waals surface area contributed by atoms with Crippen molar-refractivity contribution in [1.82, 2.24) is 14.1 Å². The third-order valence-corrected chi connectivity index (χ3v) is 8.09. The van der Waals surface area contributed by atoms with Crippen molar-refractivity contribution in [3.8, 4) is 0 Å². The minimum absolute atomic E-state index is 0.0873. The van der Waals surface area contributed by atoms with E-state index in [1.165, 1.54) is 22.9 Å². The van der Waals surface area contributed by atoms with E-state index in [9.17, 15) is 17.6 Å². The Hall–Kier alpha value is -2.69. The number of halogens is 2.